The number of aromatic nitrogens is 1. The summed E-state index contributed by atoms with van der Waals surface area (Å²) in [6, 6.07) is 32.7. The number of anilines is 2. The molecule has 160 valence electrons. The predicted octanol–water partition coefficient (Wildman–Crippen LogP) is 6.46. The molecule has 1 unspecified atom stereocenters. The molecule has 5 rings (SSSR count). The molecule has 0 aliphatic carbocycles. The fraction of sp³-hybridized carbons (Fsp3) is 0.0714. The van der Waals surface area contributed by atoms with Crippen molar-refractivity contribution in [3.8, 4) is 6.07 Å². The molecule has 3 N–H and O–H groups in total. The molecule has 0 radical (unpaired) electrons. The van der Waals surface area contributed by atoms with Crippen LogP contribution < -0.4 is 11.1 Å². The Morgan fingerprint density at radius 1 is 0.909 bits per heavy atom. The highest BCUT2D eigenvalue weighted by atomic mass is 32.2. The zero-order valence-electron chi connectivity index (χ0n) is 18.1. The van der Waals surface area contributed by atoms with Gasteiger partial charge in [0.2, 0.25) is 0 Å². The molecule has 0 fully saturated rings. The first-order valence-corrected chi connectivity index (χ1v) is 11.5. The van der Waals surface area contributed by atoms with Gasteiger partial charge in [0.25, 0.3) is 0 Å². The highest BCUT2D eigenvalue weighted by Crippen LogP contribution is 2.47. The average molecular weight is 447 g/mol. The van der Waals surface area contributed by atoms with Crippen molar-refractivity contribution < 1.29 is 0 Å². The van der Waals surface area contributed by atoms with Crippen LogP contribution in [0.4, 0.5) is 11.5 Å². The molecule has 5 heteroatoms. The first-order valence-electron chi connectivity index (χ1n) is 10.7. The molecule has 0 spiro atoms. The topological polar surface area (TPSA) is 74.7 Å². The second-order valence-corrected chi connectivity index (χ2v) is 9.13. The second kappa shape index (κ2) is 8.50. The van der Waals surface area contributed by atoms with E-state index < -0.39 is 5.54 Å². The van der Waals surface area contributed by atoms with E-state index in [9.17, 15) is 5.26 Å². The molecular formula is C28H22N4S. The summed E-state index contributed by atoms with van der Waals surface area (Å²) in [6.45, 7) is 2.12. The summed E-state index contributed by atoms with van der Waals surface area (Å²) in [5, 5.41) is 14.5. The Morgan fingerprint density at radius 2 is 1.52 bits per heavy atom. The summed E-state index contributed by atoms with van der Waals surface area (Å²) in [5.74, 6) is 0.403. The molecule has 0 amide bonds. The number of hydrogen-bond acceptors (Lipinski definition) is 5. The van der Waals surface area contributed by atoms with Crippen molar-refractivity contribution in [2.45, 2.75) is 22.4 Å². The number of nitriles is 1. The Labute approximate surface area is 197 Å². The van der Waals surface area contributed by atoms with Crippen molar-refractivity contribution in [1.82, 2.24) is 4.98 Å². The van der Waals surface area contributed by atoms with Gasteiger partial charge in [-0.1, -0.05) is 90.6 Å². The molecule has 33 heavy (non-hydrogen) atoms. The summed E-state index contributed by atoms with van der Waals surface area (Å²) in [5.41, 5.74) is 11.1. The molecule has 1 aliphatic rings. The third-order valence-electron chi connectivity index (χ3n) is 5.81. The van der Waals surface area contributed by atoms with Crippen molar-refractivity contribution >= 4 is 28.8 Å². The highest BCUT2D eigenvalue weighted by molar-refractivity contribution is 7.99. The van der Waals surface area contributed by atoms with Crippen molar-refractivity contribution in [3.05, 3.63) is 119 Å². The van der Waals surface area contributed by atoms with Gasteiger partial charge < -0.3 is 11.1 Å². The predicted molar refractivity (Wildman–Crippen MR) is 135 cm³/mol. The molecule has 1 atom stereocenters. The lowest BCUT2D eigenvalue weighted by Crippen LogP contribution is -2.34. The minimum Gasteiger partial charge on any atom is -0.383 e. The maximum atomic E-state index is 10.2. The van der Waals surface area contributed by atoms with Crippen LogP contribution in [-0.2, 0) is 5.54 Å². The van der Waals surface area contributed by atoms with E-state index in [1.54, 1.807) is 0 Å². The number of hydrogen-bond donors (Lipinski definition) is 2. The van der Waals surface area contributed by atoms with Crippen LogP contribution in [0.25, 0.3) is 5.57 Å². The molecule has 4 nitrogen and oxygen atoms in total. The van der Waals surface area contributed by atoms with E-state index in [1.807, 2.05) is 66.7 Å². The maximum absolute atomic E-state index is 10.2. The number of pyridine rings is 1. The minimum atomic E-state index is -0.534. The summed E-state index contributed by atoms with van der Waals surface area (Å²) < 4.78 is 0. The molecular weight excluding hydrogens is 424 g/mol. The van der Waals surface area contributed by atoms with Crippen molar-refractivity contribution in [2.24, 2.45) is 0 Å². The lowest BCUT2D eigenvalue weighted by Gasteiger charge is -2.37. The van der Waals surface area contributed by atoms with Crippen LogP contribution in [0.1, 0.15) is 29.2 Å². The number of nitrogens with zero attached hydrogens (tertiary/aromatic N) is 2. The van der Waals surface area contributed by atoms with E-state index in [0.717, 1.165) is 32.8 Å². The van der Waals surface area contributed by atoms with E-state index in [2.05, 4.69) is 53.6 Å². The van der Waals surface area contributed by atoms with Crippen LogP contribution in [0.3, 0.4) is 0 Å². The average Bonchev–Trinajstić information content (AvgIpc) is 2.85. The third-order valence-corrected chi connectivity index (χ3v) is 6.80. The zero-order chi connectivity index (χ0) is 22.8. The van der Waals surface area contributed by atoms with E-state index in [0.29, 0.717) is 16.4 Å². The number of nitrogens with two attached hydrogens (primary N) is 1. The third kappa shape index (κ3) is 3.86. The number of nitrogens with one attached hydrogen (secondary N) is 1. The van der Waals surface area contributed by atoms with Gasteiger partial charge in [0.15, 0.2) is 0 Å². The Hall–Kier alpha value is -4.01. The largest absolute Gasteiger partial charge is 0.383 e. The summed E-state index contributed by atoms with van der Waals surface area (Å²) >= 11 is 1.45. The van der Waals surface area contributed by atoms with Crippen LogP contribution >= 0.6 is 11.8 Å². The van der Waals surface area contributed by atoms with Gasteiger partial charge >= 0.3 is 0 Å². The number of rotatable bonds is 4. The fourth-order valence-corrected chi connectivity index (χ4v) is 5.11. The summed E-state index contributed by atoms with van der Waals surface area (Å²) in [6.07, 6.45) is 2.18. The SMILES string of the molecule is CC1(c2ccccc2)C=C(c2ccccc2)c2c(N)nc(Sc3ccccc3)c(C#N)c2N1. The fourth-order valence-electron chi connectivity index (χ4n) is 4.20. The first-order chi connectivity index (χ1) is 16.1. The lowest BCUT2D eigenvalue weighted by molar-refractivity contribution is 0.683. The molecule has 3 aromatic carbocycles. The molecule has 1 aliphatic heterocycles. The van der Waals surface area contributed by atoms with Crippen LogP contribution in [0, 0.1) is 11.3 Å². The monoisotopic (exact) mass is 446 g/mol. The Balaban J connectivity index is 1.75. The maximum Gasteiger partial charge on any atom is 0.134 e. The molecule has 4 aromatic rings. The Morgan fingerprint density at radius 3 is 2.15 bits per heavy atom. The van der Waals surface area contributed by atoms with E-state index >= 15 is 0 Å². The van der Waals surface area contributed by atoms with Gasteiger partial charge in [-0.2, -0.15) is 5.26 Å². The lowest BCUT2D eigenvalue weighted by atomic mass is 9.81. The number of benzene rings is 3. The minimum absolute atomic E-state index is 0.403. The normalized spacial score (nSPS) is 16.8. The summed E-state index contributed by atoms with van der Waals surface area (Å²) in [4.78, 5) is 5.69. The standard InChI is InChI=1S/C28H22N4S/c1-28(20-13-7-3-8-14-20)17-22(19-11-5-2-6-12-19)24-25(32-28)23(18-29)27(31-26(24)30)33-21-15-9-4-10-16-21/h2-17,32H,1H3,(H2,30,31). The molecule has 1 aromatic heterocycles. The molecule has 0 bridgehead atoms. The van der Waals surface area contributed by atoms with Crippen LogP contribution in [0.15, 0.2) is 107 Å². The van der Waals surface area contributed by atoms with Gasteiger partial charge in [-0.25, -0.2) is 4.98 Å². The van der Waals surface area contributed by atoms with E-state index in [4.69, 9.17) is 5.73 Å². The van der Waals surface area contributed by atoms with Crippen LogP contribution in [0.2, 0.25) is 0 Å². The van der Waals surface area contributed by atoms with E-state index in [-0.39, 0.29) is 0 Å². The van der Waals surface area contributed by atoms with Gasteiger partial charge in [-0.3, -0.25) is 0 Å². The first kappa shape index (κ1) is 20.9. The Bertz CT molecular complexity index is 1380. The number of nitrogen functional groups attached to an aromatic ring is 1. The van der Waals surface area contributed by atoms with Gasteiger partial charge in [-0.15, -0.1) is 0 Å². The van der Waals surface area contributed by atoms with Crippen LogP contribution in [0.5, 0.6) is 0 Å². The second-order valence-electron chi connectivity index (χ2n) is 8.07. The quantitative estimate of drug-likeness (QED) is 0.376. The smallest absolute Gasteiger partial charge is 0.134 e. The van der Waals surface area contributed by atoms with Gasteiger partial charge in [0.1, 0.15) is 22.5 Å². The molecule has 0 saturated heterocycles. The van der Waals surface area contributed by atoms with Crippen molar-refractivity contribution in [2.75, 3.05) is 11.1 Å². The van der Waals surface area contributed by atoms with E-state index in [1.165, 1.54) is 11.8 Å². The van der Waals surface area contributed by atoms with Crippen molar-refractivity contribution in [3.63, 3.8) is 0 Å². The zero-order valence-corrected chi connectivity index (χ0v) is 18.9. The molecule has 2 heterocycles. The molecule has 0 saturated carbocycles. The van der Waals surface area contributed by atoms with Gasteiger partial charge in [-0.05, 0) is 41.8 Å². The highest BCUT2D eigenvalue weighted by Gasteiger charge is 2.35. The Kier molecular flexibility index (Phi) is 5.37. The van der Waals surface area contributed by atoms with Gasteiger partial charge in [0, 0.05) is 10.5 Å². The van der Waals surface area contributed by atoms with Gasteiger partial charge in [0.05, 0.1) is 11.2 Å². The van der Waals surface area contributed by atoms with Crippen molar-refractivity contribution in [1.29, 1.82) is 5.26 Å². The summed E-state index contributed by atoms with van der Waals surface area (Å²) in [7, 11) is 0. The van der Waals surface area contributed by atoms with Crippen LogP contribution in [-0.4, -0.2) is 4.98 Å². The number of fused-ring (bicyclic) bond motifs is 1.